The van der Waals surface area contributed by atoms with E-state index in [1.54, 1.807) is 11.8 Å². The summed E-state index contributed by atoms with van der Waals surface area (Å²) in [5, 5.41) is 19.9. The molecule has 0 radical (unpaired) electrons. The van der Waals surface area contributed by atoms with Crippen LogP contribution in [0.5, 0.6) is 0 Å². The number of hydrogen-bond donors (Lipinski definition) is 3. The van der Waals surface area contributed by atoms with E-state index in [4.69, 9.17) is 5.11 Å². The number of aliphatic hydroxyl groups excluding tert-OH is 1. The lowest BCUT2D eigenvalue weighted by Crippen LogP contribution is -2.44. The number of nitrogens with one attached hydrogen (secondary N) is 1. The molecule has 0 aliphatic carbocycles. The second kappa shape index (κ2) is 5.69. The molecule has 92 valence electrons. The Morgan fingerprint density at radius 1 is 1.44 bits per heavy atom. The lowest BCUT2D eigenvalue weighted by molar-refractivity contribution is -0.136. The minimum absolute atomic E-state index is 0.0550. The molecule has 6 nitrogen and oxygen atoms in total. The van der Waals surface area contributed by atoms with Crippen molar-refractivity contribution in [2.75, 3.05) is 19.6 Å². The first-order valence-electron chi connectivity index (χ1n) is 5.44. The highest BCUT2D eigenvalue weighted by molar-refractivity contribution is 5.79. The van der Waals surface area contributed by atoms with Crippen molar-refractivity contribution in [1.82, 2.24) is 10.2 Å². The average Bonchev–Trinajstić information content (AvgIpc) is 2.26. The van der Waals surface area contributed by atoms with Crippen LogP contribution in [0, 0.1) is 5.92 Å². The number of nitrogens with zero attached hydrogens (tertiary/aromatic N) is 1. The summed E-state index contributed by atoms with van der Waals surface area (Å²) in [7, 11) is 0. The number of amides is 2. The van der Waals surface area contributed by atoms with Gasteiger partial charge in [0.2, 0.25) is 5.91 Å². The Hall–Kier alpha value is -1.30. The fourth-order valence-corrected chi connectivity index (χ4v) is 1.73. The van der Waals surface area contributed by atoms with Gasteiger partial charge in [-0.3, -0.25) is 4.79 Å². The average molecular weight is 230 g/mol. The molecule has 0 saturated carbocycles. The first-order valence-corrected chi connectivity index (χ1v) is 5.44. The Bertz CT molecular complexity index is 262. The van der Waals surface area contributed by atoms with Crippen molar-refractivity contribution in [1.29, 1.82) is 0 Å². The molecule has 1 saturated heterocycles. The summed E-state index contributed by atoms with van der Waals surface area (Å²) in [4.78, 5) is 23.8. The molecule has 0 aromatic rings. The van der Waals surface area contributed by atoms with Gasteiger partial charge < -0.3 is 20.4 Å². The summed E-state index contributed by atoms with van der Waals surface area (Å²) in [6, 6.07) is 0. The number of likely N-dealkylation sites (tertiary alicyclic amines) is 1. The van der Waals surface area contributed by atoms with E-state index in [9.17, 15) is 14.7 Å². The molecule has 16 heavy (non-hydrogen) atoms. The quantitative estimate of drug-likeness (QED) is 0.630. The van der Waals surface area contributed by atoms with Gasteiger partial charge in [-0.25, -0.2) is 4.79 Å². The third-order valence-corrected chi connectivity index (χ3v) is 2.76. The van der Waals surface area contributed by atoms with Crippen LogP contribution in [0.1, 0.15) is 19.8 Å². The molecular formula is C10H18N2O4. The lowest BCUT2D eigenvalue weighted by Gasteiger charge is -2.31. The first kappa shape index (κ1) is 12.8. The summed E-state index contributed by atoms with van der Waals surface area (Å²) in [6.45, 7) is 2.94. The maximum Gasteiger partial charge on any atom is 0.404 e. The molecular weight excluding hydrogens is 212 g/mol. The van der Waals surface area contributed by atoms with Crippen molar-refractivity contribution < 1.29 is 19.8 Å². The molecule has 2 amide bonds. The van der Waals surface area contributed by atoms with Crippen LogP contribution in [-0.4, -0.2) is 52.9 Å². The van der Waals surface area contributed by atoms with E-state index in [1.807, 2.05) is 0 Å². The van der Waals surface area contributed by atoms with E-state index in [1.165, 1.54) is 0 Å². The molecule has 1 unspecified atom stereocenters. The van der Waals surface area contributed by atoms with Crippen LogP contribution >= 0.6 is 0 Å². The molecule has 1 fully saturated rings. The normalized spacial score (nSPS) is 19.2. The second-order valence-electron chi connectivity index (χ2n) is 4.14. The number of carbonyl (C=O) groups is 2. The highest BCUT2D eigenvalue weighted by atomic mass is 16.4. The van der Waals surface area contributed by atoms with Crippen LogP contribution in [0.2, 0.25) is 0 Å². The van der Waals surface area contributed by atoms with Crippen LogP contribution in [0.3, 0.4) is 0 Å². The molecule has 0 spiro atoms. The van der Waals surface area contributed by atoms with Gasteiger partial charge in [-0.2, -0.15) is 0 Å². The Morgan fingerprint density at radius 2 is 2.00 bits per heavy atom. The van der Waals surface area contributed by atoms with Crippen molar-refractivity contribution in [2.24, 2.45) is 5.92 Å². The number of piperidine rings is 1. The molecule has 0 aromatic heterocycles. The first-order chi connectivity index (χ1) is 7.50. The summed E-state index contributed by atoms with van der Waals surface area (Å²) in [5.74, 6) is -0.410. The Labute approximate surface area is 94.2 Å². The molecule has 1 rings (SSSR count). The summed E-state index contributed by atoms with van der Waals surface area (Å²) in [6.07, 6.45) is -0.222. The maximum atomic E-state index is 11.8. The Kier molecular flexibility index (Phi) is 4.54. The van der Waals surface area contributed by atoms with Crippen LogP contribution < -0.4 is 5.32 Å². The van der Waals surface area contributed by atoms with Gasteiger partial charge in [0.15, 0.2) is 0 Å². The van der Waals surface area contributed by atoms with Crippen LogP contribution in [0.4, 0.5) is 4.79 Å². The minimum Gasteiger partial charge on any atom is -0.465 e. The van der Waals surface area contributed by atoms with E-state index in [2.05, 4.69) is 5.32 Å². The predicted molar refractivity (Wildman–Crippen MR) is 57.0 cm³/mol. The molecule has 0 bridgehead atoms. The van der Waals surface area contributed by atoms with E-state index in [0.717, 1.165) is 0 Å². The van der Waals surface area contributed by atoms with Crippen LogP contribution in [-0.2, 0) is 4.79 Å². The van der Waals surface area contributed by atoms with Gasteiger partial charge in [-0.1, -0.05) is 6.92 Å². The standard InChI is InChI=1S/C10H18N2O4/c1-7(6-11-10(15)16)9(14)12-4-2-8(13)3-5-12/h7-8,11,13H,2-6H2,1H3,(H,15,16). The summed E-state index contributed by atoms with van der Waals surface area (Å²) >= 11 is 0. The van der Waals surface area contributed by atoms with Gasteiger partial charge in [0.1, 0.15) is 0 Å². The zero-order valence-electron chi connectivity index (χ0n) is 9.35. The molecule has 0 aromatic carbocycles. The van der Waals surface area contributed by atoms with E-state index in [0.29, 0.717) is 25.9 Å². The minimum atomic E-state index is -1.12. The molecule has 3 N–H and O–H groups in total. The van der Waals surface area contributed by atoms with Crippen LogP contribution in [0.25, 0.3) is 0 Å². The fraction of sp³-hybridized carbons (Fsp3) is 0.800. The number of carboxylic acid groups (broad SMARTS) is 1. The highest BCUT2D eigenvalue weighted by Gasteiger charge is 2.25. The molecule has 1 heterocycles. The fourth-order valence-electron chi connectivity index (χ4n) is 1.73. The van der Waals surface area contributed by atoms with Crippen molar-refractivity contribution in [2.45, 2.75) is 25.9 Å². The SMILES string of the molecule is CC(CNC(=O)O)C(=O)N1CCC(O)CC1. The zero-order chi connectivity index (χ0) is 12.1. The number of aliphatic hydroxyl groups is 1. The molecule has 1 aliphatic heterocycles. The van der Waals surface area contributed by atoms with Gasteiger partial charge in [-0.15, -0.1) is 0 Å². The monoisotopic (exact) mass is 230 g/mol. The number of carbonyl (C=O) groups excluding carboxylic acids is 1. The molecule has 1 atom stereocenters. The van der Waals surface area contributed by atoms with Gasteiger partial charge in [0.05, 0.1) is 12.0 Å². The van der Waals surface area contributed by atoms with Gasteiger partial charge in [0.25, 0.3) is 0 Å². The van der Waals surface area contributed by atoms with E-state index in [-0.39, 0.29) is 24.5 Å². The smallest absolute Gasteiger partial charge is 0.404 e. The third kappa shape index (κ3) is 3.69. The Balaban J connectivity index is 2.35. The van der Waals surface area contributed by atoms with E-state index < -0.39 is 6.09 Å². The van der Waals surface area contributed by atoms with E-state index >= 15 is 0 Å². The second-order valence-corrected chi connectivity index (χ2v) is 4.14. The zero-order valence-corrected chi connectivity index (χ0v) is 9.35. The topological polar surface area (TPSA) is 89.9 Å². The molecule has 6 heteroatoms. The predicted octanol–water partition coefficient (Wildman–Crippen LogP) is -0.127. The van der Waals surface area contributed by atoms with Gasteiger partial charge in [-0.05, 0) is 12.8 Å². The van der Waals surface area contributed by atoms with Crippen molar-refractivity contribution in [3.8, 4) is 0 Å². The van der Waals surface area contributed by atoms with Crippen molar-refractivity contribution in [3.63, 3.8) is 0 Å². The summed E-state index contributed by atoms with van der Waals surface area (Å²) < 4.78 is 0. The maximum absolute atomic E-state index is 11.8. The van der Waals surface area contributed by atoms with Crippen molar-refractivity contribution >= 4 is 12.0 Å². The Morgan fingerprint density at radius 3 is 2.50 bits per heavy atom. The van der Waals surface area contributed by atoms with Crippen molar-refractivity contribution in [3.05, 3.63) is 0 Å². The summed E-state index contributed by atoms with van der Waals surface area (Å²) in [5.41, 5.74) is 0. The van der Waals surface area contributed by atoms with Gasteiger partial charge >= 0.3 is 6.09 Å². The van der Waals surface area contributed by atoms with Gasteiger partial charge in [0, 0.05) is 19.6 Å². The van der Waals surface area contributed by atoms with Crippen LogP contribution in [0.15, 0.2) is 0 Å². The number of rotatable bonds is 3. The highest BCUT2D eigenvalue weighted by Crippen LogP contribution is 2.12. The largest absolute Gasteiger partial charge is 0.465 e. The number of hydrogen-bond acceptors (Lipinski definition) is 3. The third-order valence-electron chi connectivity index (χ3n) is 2.76. The molecule has 1 aliphatic rings. The lowest BCUT2D eigenvalue weighted by atomic mass is 10.0.